The Labute approximate surface area is 610 Å². The Kier molecular flexibility index (Phi) is 9.82. The van der Waals surface area contributed by atoms with Crippen LogP contribution >= 0.6 is 0 Å². The summed E-state index contributed by atoms with van der Waals surface area (Å²) in [5, 5.41) is -2.43. The smallest absolute Gasteiger partial charge is 0.269 e. The molecule has 3 heterocycles. The minimum Gasteiger partial charge on any atom is -0.458 e. The van der Waals surface area contributed by atoms with Gasteiger partial charge in [-0.25, -0.2) is 4.98 Å². The third-order valence-corrected chi connectivity index (χ3v) is 21.7. The standard InChI is InChI=1S/C91H80N4OSi/c1-62-52-87(92-60-82(62)64-28-15-11-16-29-64)95-83-43-24-23-42-78(83)79-50-49-73(59-85(79)95)96-72-34-27-33-71(58-72)93-61-94(84-51-46-65(55-86(84)93)63-44-47-68(48-45-63)89(2,3)4)88-80(66-30-25-32-69(53-66)90(5,6)7)56-70(91(8,9)10)57-81(88)67-31-26-41-77(54-67)97(74-35-17-12-18-36-74,75-37-19-13-20-38-75)76-39-21-14-22-40-76/h11-60H,1-10H3/i1D3,11D,12D,13D,14D,15D,16D,17D,18D,19D,20D,21D,22D,26D,28D,29D,31D,35D,36D,37D,38D,39D,40D,41D,54D. The highest BCUT2D eigenvalue weighted by molar-refractivity contribution is 7.20. The molecule has 0 radical (unpaired) electrons. The molecule has 0 unspecified atom stereocenters. The zero-order valence-corrected chi connectivity index (χ0v) is 55.7. The van der Waals surface area contributed by atoms with Crippen molar-refractivity contribution >= 4 is 61.7 Å². The summed E-state index contributed by atoms with van der Waals surface area (Å²) in [5.74, 6) is 0.702. The highest BCUT2D eigenvalue weighted by atomic mass is 28.3. The van der Waals surface area contributed by atoms with E-state index in [0.29, 0.717) is 55.6 Å². The van der Waals surface area contributed by atoms with Crippen LogP contribution in [0.4, 0.5) is 0 Å². The van der Waals surface area contributed by atoms with Crippen molar-refractivity contribution < 1.29 is 46.3 Å². The molecule has 474 valence electrons. The van der Waals surface area contributed by atoms with Gasteiger partial charge in [0, 0.05) is 32.7 Å². The van der Waals surface area contributed by atoms with Crippen molar-refractivity contribution in [3.63, 3.8) is 0 Å². The molecule has 0 amide bonds. The highest BCUT2D eigenvalue weighted by Crippen LogP contribution is 2.42. The second-order valence-electron chi connectivity index (χ2n) is 27.0. The van der Waals surface area contributed by atoms with E-state index in [0.717, 1.165) is 27.6 Å². The minimum absolute atomic E-state index is 0.0544. The molecule has 0 N–H and O–H groups in total. The number of aryl methyl sites for hydroxylation is 1. The molecule has 0 aliphatic heterocycles. The number of para-hydroxylation sites is 1. The maximum atomic E-state index is 11.3. The average molecular weight is 1300 g/mol. The van der Waals surface area contributed by atoms with Crippen LogP contribution in [0.3, 0.4) is 0 Å². The molecule has 0 atom stereocenters. The first-order valence-corrected chi connectivity index (χ1v) is 33.7. The van der Waals surface area contributed by atoms with Crippen LogP contribution < -0.4 is 30.1 Å². The Morgan fingerprint density at radius 2 is 1.02 bits per heavy atom. The van der Waals surface area contributed by atoms with Crippen LogP contribution in [-0.4, -0.2) is 22.2 Å². The van der Waals surface area contributed by atoms with Gasteiger partial charge < -0.3 is 4.74 Å². The van der Waals surface area contributed by atoms with E-state index in [-0.39, 0.29) is 44.9 Å². The summed E-state index contributed by atoms with van der Waals surface area (Å²) in [6, 6.07) is 22.9. The van der Waals surface area contributed by atoms with E-state index in [1.54, 1.807) is 50.1 Å². The van der Waals surface area contributed by atoms with E-state index in [2.05, 4.69) is 39.2 Å². The fourth-order valence-corrected chi connectivity index (χ4v) is 16.2. The SMILES string of the molecule is [2H]c1c([2H])c([2H])c(-c2cnc(-n3c4ccccc4c4ccc(Oc5cccc(-n6[c-][n+](-c7c(-c8cccc(C(C)(C)C)c8)cc(C(C)(C)C)cc7-c7c([2H])c([2H])c([2H])c([Si](c8c([2H])c([2H])c([2H])c([2H])c8[2H])(c8c([2H])c([2H])c([2H])c([2H])c8[2H])c8c([2H])c([2H])c([2H])c([2H])c8[2H])c7[2H])c7ccc(-c8ccc(C(C)(C)C)cc8)cc76)c5)cc43)cc2C([2H])([2H])[2H])c([2H])c1[2H]. The summed E-state index contributed by atoms with van der Waals surface area (Å²) in [5.41, 5.74) is 4.64. The summed E-state index contributed by atoms with van der Waals surface area (Å²) in [7, 11) is -6.38. The summed E-state index contributed by atoms with van der Waals surface area (Å²) < 4.78 is 266. The van der Waals surface area contributed by atoms with Crippen molar-refractivity contribution in [1.29, 1.82) is 0 Å². The molecule has 97 heavy (non-hydrogen) atoms. The fourth-order valence-electron chi connectivity index (χ4n) is 12.6. The first-order valence-electron chi connectivity index (χ1n) is 45.2. The third kappa shape index (κ3) is 11.6. The van der Waals surface area contributed by atoms with Crippen molar-refractivity contribution in [2.75, 3.05) is 0 Å². The number of rotatable bonds is 13. The van der Waals surface area contributed by atoms with Crippen LogP contribution in [0, 0.1) is 13.2 Å². The van der Waals surface area contributed by atoms with Crippen molar-refractivity contribution in [2.24, 2.45) is 0 Å². The first kappa shape index (κ1) is 38.6. The molecular weight excluding hydrogens is 1190 g/mol. The monoisotopic (exact) mass is 1300 g/mol. The molecule has 0 aliphatic rings. The predicted molar refractivity (Wildman–Crippen MR) is 408 cm³/mol. The molecular formula is C91H80N4OSi. The first-order chi connectivity index (χ1) is 58.0. The van der Waals surface area contributed by atoms with Gasteiger partial charge in [-0.3, -0.25) is 13.7 Å². The number of pyridine rings is 1. The number of hydrogen-bond donors (Lipinski definition) is 0. The zero-order valence-electron chi connectivity index (χ0n) is 81.7. The van der Waals surface area contributed by atoms with Crippen LogP contribution in [0.2, 0.25) is 0 Å². The van der Waals surface area contributed by atoms with Crippen molar-refractivity contribution in [1.82, 2.24) is 14.1 Å². The molecule has 5 nitrogen and oxygen atoms in total. The summed E-state index contributed by atoms with van der Waals surface area (Å²) in [6.07, 6.45) is 4.90. The third-order valence-electron chi connectivity index (χ3n) is 17.7. The van der Waals surface area contributed by atoms with Crippen molar-refractivity contribution in [3.05, 3.63) is 331 Å². The second kappa shape index (κ2) is 24.7. The Balaban J connectivity index is 1.04. The summed E-state index contributed by atoms with van der Waals surface area (Å²) in [6.45, 7) is 15.3. The summed E-state index contributed by atoms with van der Waals surface area (Å²) in [4.78, 5) is 4.77. The fraction of sp³-hybridized carbons (Fsp3) is 0.143. The molecule has 0 spiro atoms. The molecule has 12 aromatic carbocycles. The van der Waals surface area contributed by atoms with Gasteiger partial charge in [-0.1, -0.05) is 304 Å². The number of aromatic nitrogens is 4. The largest absolute Gasteiger partial charge is 0.458 e. The van der Waals surface area contributed by atoms with E-state index >= 15 is 0 Å². The van der Waals surface area contributed by atoms with Gasteiger partial charge >= 0.3 is 0 Å². The van der Waals surface area contributed by atoms with E-state index < -0.39 is 197 Å². The Hall–Kier alpha value is -10.9. The van der Waals surface area contributed by atoms with Crippen LogP contribution in [0.25, 0.3) is 94.5 Å². The number of imidazole rings is 1. The lowest BCUT2D eigenvalue weighted by Gasteiger charge is -2.35. The van der Waals surface area contributed by atoms with Crippen LogP contribution in [0.1, 0.15) is 122 Å². The normalized spacial score (nSPS) is 16.3. The lowest BCUT2D eigenvalue weighted by Crippen LogP contribution is -2.74. The Morgan fingerprint density at radius 1 is 0.433 bits per heavy atom. The van der Waals surface area contributed by atoms with Gasteiger partial charge in [0.25, 0.3) is 6.33 Å². The van der Waals surface area contributed by atoms with Gasteiger partial charge in [-0.2, -0.15) is 0 Å². The van der Waals surface area contributed by atoms with Gasteiger partial charge in [0.2, 0.25) is 0 Å². The van der Waals surface area contributed by atoms with Gasteiger partial charge in [0.1, 0.15) is 17.3 Å². The number of benzene rings is 12. The predicted octanol–water partition coefficient (Wildman–Crippen LogP) is 20.2. The average Bonchev–Trinajstić information content (AvgIpc) is 1.53. The van der Waals surface area contributed by atoms with Gasteiger partial charge in [0.05, 0.1) is 66.3 Å². The van der Waals surface area contributed by atoms with Crippen molar-refractivity contribution in [3.8, 4) is 73.2 Å². The lowest BCUT2D eigenvalue weighted by molar-refractivity contribution is -0.571. The molecule has 3 aromatic heterocycles. The van der Waals surface area contributed by atoms with Crippen LogP contribution in [-0.2, 0) is 16.2 Å². The van der Waals surface area contributed by atoms with E-state index in [1.165, 1.54) is 12.3 Å². The molecule has 0 saturated carbocycles. The Morgan fingerprint density at radius 3 is 1.68 bits per heavy atom. The van der Waals surface area contributed by atoms with E-state index in [4.69, 9.17) is 24.8 Å². The number of nitrogens with zero attached hydrogens (tertiary/aromatic N) is 4. The van der Waals surface area contributed by atoms with E-state index in [1.807, 2.05) is 139 Å². The quantitative estimate of drug-likeness (QED) is 0.0499. The Bertz CT molecular complexity index is 6790. The maximum absolute atomic E-state index is 11.3. The van der Waals surface area contributed by atoms with Gasteiger partial charge in [-0.15, -0.1) is 0 Å². The zero-order chi connectivity index (χ0) is 90.2. The van der Waals surface area contributed by atoms with Crippen molar-refractivity contribution in [2.45, 2.75) is 85.4 Å². The van der Waals surface area contributed by atoms with E-state index in [9.17, 15) is 21.9 Å². The molecule has 15 rings (SSSR count). The number of fused-ring (bicyclic) bond motifs is 4. The number of hydrogen-bond acceptors (Lipinski definition) is 2. The van der Waals surface area contributed by atoms with Gasteiger partial charge in [0.15, 0.2) is 8.07 Å². The van der Waals surface area contributed by atoms with Crippen LogP contribution in [0.15, 0.2) is 303 Å². The molecule has 0 bridgehead atoms. The van der Waals surface area contributed by atoms with Crippen LogP contribution in [0.5, 0.6) is 11.5 Å². The molecule has 15 aromatic rings. The highest BCUT2D eigenvalue weighted by Gasteiger charge is 2.42. The second-order valence-corrected chi connectivity index (χ2v) is 30.5. The molecule has 0 fully saturated rings. The lowest BCUT2D eigenvalue weighted by atomic mass is 9.81. The number of ether oxygens (including phenoxy) is 1. The molecule has 0 saturated heterocycles. The maximum Gasteiger partial charge on any atom is 0.269 e. The molecule has 6 heteroatoms. The topological polar surface area (TPSA) is 35.9 Å². The minimum atomic E-state index is -6.38. The molecule has 0 aliphatic carbocycles. The summed E-state index contributed by atoms with van der Waals surface area (Å²) >= 11 is 0. The van der Waals surface area contributed by atoms with Gasteiger partial charge in [-0.05, 0) is 154 Å².